The maximum absolute atomic E-state index is 13.4. The molecule has 0 bridgehead atoms. The van der Waals surface area contributed by atoms with E-state index in [2.05, 4.69) is 15.1 Å². The molecule has 4 aromatic rings. The molecule has 1 aromatic carbocycles. The standard InChI is InChI=1S/C21H18FN5OS2/c22-15-5-7-16(8-6-15)27-19(17-4-2-11-29-17)24-18(25-27)21(28)26-10-1-3-14(13-26)20-23-9-12-30-20/h2,4-9,11-12,14H,1,3,10,13H2. The fraction of sp³-hybridized carbons (Fsp3) is 0.238. The Labute approximate surface area is 180 Å². The molecule has 0 saturated carbocycles. The third-order valence-corrected chi connectivity index (χ3v) is 6.92. The minimum atomic E-state index is -0.325. The summed E-state index contributed by atoms with van der Waals surface area (Å²) >= 11 is 3.15. The third kappa shape index (κ3) is 3.66. The van der Waals surface area contributed by atoms with Gasteiger partial charge in [-0.05, 0) is 48.6 Å². The van der Waals surface area contributed by atoms with Gasteiger partial charge in [0.1, 0.15) is 5.82 Å². The second kappa shape index (κ2) is 8.08. The van der Waals surface area contributed by atoms with Gasteiger partial charge >= 0.3 is 0 Å². The van der Waals surface area contributed by atoms with E-state index in [0.717, 1.165) is 22.7 Å². The molecular formula is C21H18FN5OS2. The van der Waals surface area contributed by atoms with E-state index in [9.17, 15) is 9.18 Å². The lowest BCUT2D eigenvalue weighted by Gasteiger charge is -2.31. The summed E-state index contributed by atoms with van der Waals surface area (Å²) in [5.41, 5.74) is 0.658. The first-order chi connectivity index (χ1) is 14.7. The van der Waals surface area contributed by atoms with Crippen molar-refractivity contribution in [3.8, 4) is 16.4 Å². The predicted octanol–water partition coefficient (Wildman–Crippen LogP) is 4.61. The Balaban J connectivity index is 1.47. The van der Waals surface area contributed by atoms with Gasteiger partial charge in [-0.1, -0.05) is 6.07 Å². The van der Waals surface area contributed by atoms with Crippen molar-refractivity contribution in [2.45, 2.75) is 18.8 Å². The number of halogens is 1. The molecule has 1 amide bonds. The van der Waals surface area contributed by atoms with Crippen LogP contribution in [-0.4, -0.2) is 43.6 Å². The highest BCUT2D eigenvalue weighted by atomic mass is 32.1. The van der Waals surface area contributed by atoms with Gasteiger partial charge in [0.2, 0.25) is 5.82 Å². The third-order valence-electron chi connectivity index (χ3n) is 5.12. The SMILES string of the molecule is O=C(c1nc(-c2cccs2)n(-c2ccc(F)cc2)n1)N1CCCC(c2nccs2)C1. The fourth-order valence-corrected chi connectivity index (χ4v) is 5.14. The number of nitrogens with zero attached hydrogens (tertiary/aromatic N) is 5. The van der Waals surface area contributed by atoms with Crippen LogP contribution in [0.5, 0.6) is 0 Å². The summed E-state index contributed by atoms with van der Waals surface area (Å²) in [6.07, 6.45) is 3.75. The smallest absolute Gasteiger partial charge is 0.293 e. The van der Waals surface area contributed by atoms with Crippen LogP contribution in [0.3, 0.4) is 0 Å². The number of thiophene rings is 1. The topological polar surface area (TPSA) is 63.9 Å². The van der Waals surface area contributed by atoms with E-state index in [1.807, 2.05) is 27.8 Å². The monoisotopic (exact) mass is 439 g/mol. The summed E-state index contributed by atoms with van der Waals surface area (Å²) in [7, 11) is 0. The highest BCUT2D eigenvalue weighted by molar-refractivity contribution is 7.13. The summed E-state index contributed by atoms with van der Waals surface area (Å²) in [5, 5.41) is 9.50. The Bertz CT molecular complexity index is 1140. The summed E-state index contributed by atoms with van der Waals surface area (Å²) < 4.78 is 15.0. The van der Waals surface area contributed by atoms with Crippen LogP contribution >= 0.6 is 22.7 Å². The molecule has 4 heterocycles. The summed E-state index contributed by atoms with van der Waals surface area (Å²) in [6, 6.07) is 9.88. The number of hydrogen-bond acceptors (Lipinski definition) is 6. The first kappa shape index (κ1) is 19.1. The Morgan fingerprint density at radius 3 is 2.73 bits per heavy atom. The van der Waals surface area contributed by atoms with Crippen molar-refractivity contribution in [3.05, 3.63) is 70.0 Å². The first-order valence-electron chi connectivity index (χ1n) is 9.64. The fourth-order valence-electron chi connectivity index (χ4n) is 3.67. The number of likely N-dealkylation sites (tertiary alicyclic amines) is 1. The molecule has 30 heavy (non-hydrogen) atoms. The molecule has 0 radical (unpaired) electrons. The van der Waals surface area contributed by atoms with Gasteiger partial charge in [0.15, 0.2) is 5.82 Å². The van der Waals surface area contributed by atoms with Gasteiger partial charge in [-0.2, -0.15) is 0 Å². The van der Waals surface area contributed by atoms with E-state index < -0.39 is 0 Å². The van der Waals surface area contributed by atoms with Crippen molar-refractivity contribution in [2.75, 3.05) is 13.1 Å². The van der Waals surface area contributed by atoms with Crippen molar-refractivity contribution in [1.29, 1.82) is 0 Å². The van der Waals surface area contributed by atoms with Gasteiger partial charge < -0.3 is 4.90 Å². The molecule has 9 heteroatoms. The lowest BCUT2D eigenvalue weighted by atomic mass is 9.98. The van der Waals surface area contributed by atoms with E-state index in [4.69, 9.17) is 0 Å². The van der Waals surface area contributed by atoms with E-state index in [1.165, 1.54) is 23.5 Å². The normalized spacial score (nSPS) is 16.7. The number of rotatable bonds is 4. The van der Waals surface area contributed by atoms with Crippen LogP contribution in [0.2, 0.25) is 0 Å². The maximum Gasteiger partial charge on any atom is 0.293 e. The maximum atomic E-state index is 13.4. The lowest BCUT2D eigenvalue weighted by Crippen LogP contribution is -2.39. The molecule has 1 aliphatic heterocycles. The Morgan fingerprint density at radius 2 is 2.00 bits per heavy atom. The van der Waals surface area contributed by atoms with Crippen molar-refractivity contribution in [1.82, 2.24) is 24.6 Å². The van der Waals surface area contributed by atoms with Crippen molar-refractivity contribution in [2.24, 2.45) is 0 Å². The second-order valence-corrected chi connectivity index (χ2v) is 8.96. The molecule has 1 unspecified atom stereocenters. The highest BCUT2D eigenvalue weighted by Crippen LogP contribution is 2.30. The van der Waals surface area contributed by atoms with Gasteiger partial charge in [0.25, 0.3) is 5.91 Å². The number of carbonyl (C=O) groups is 1. The van der Waals surface area contributed by atoms with Crippen LogP contribution in [-0.2, 0) is 0 Å². The summed E-state index contributed by atoms with van der Waals surface area (Å²) in [5.74, 6) is 0.471. The molecule has 1 atom stereocenters. The minimum absolute atomic E-state index is 0.155. The molecule has 0 spiro atoms. The highest BCUT2D eigenvalue weighted by Gasteiger charge is 2.30. The number of aromatic nitrogens is 4. The first-order valence-corrected chi connectivity index (χ1v) is 11.4. The molecule has 1 aliphatic rings. The van der Waals surface area contributed by atoms with Crippen LogP contribution in [0.15, 0.2) is 53.4 Å². The van der Waals surface area contributed by atoms with E-state index in [-0.39, 0.29) is 23.5 Å². The van der Waals surface area contributed by atoms with Crippen LogP contribution < -0.4 is 0 Å². The van der Waals surface area contributed by atoms with E-state index in [0.29, 0.717) is 24.6 Å². The molecule has 1 fully saturated rings. The molecule has 0 N–H and O–H groups in total. The van der Waals surface area contributed by atoms with Crippen LogP contribution in [0.25, 0.3) is 16.4 Å². The molecule has 0 aliphatic carbocycles. The van der Waals surface area contributed by atoms with Crippen molar-refractivity contribution < 1.29 is 9.18 Å². The zero-order chi connectivity index (χ0) is 20.5. The Kier molecular flexibility index (Phi) is 5.14. The van der Waals surface area contributed by atoms with Crippen LogP contribution in [0.4, 0.5) is 4.39 Å². The van der Waals surface area contributed by atoms with E-state index in [1.54, 1.807) is 34.3 Å². The lowest BCUT2D eigenvalue weighted by molar-refractivity contribution is 0.0694. The van der Waals surface area contributed by atoms with Gasteiger partial charge in [-0.25, -0.2) is 19.0 Å². The van der Waals surface area contributed by atoms with Crippen molar-refractivity contribution >= 4 is 28.6 Å². The minimum Gasteiger partial charge on any atom is -0.335 e. The number of benzene rings is 1. The Morgan fingerprint density at radius 1 is 1.13 bits per heavy atom. The second-order valence-electron chi connectivity index (χ2n) is 7.09. The largest absolute Gasteiger partial charge is 0.335 e. The zero-order valence-electron chi connectivity index (χ0n) is 15.9. The van der Waals surface area contributed by atoms with Crippen LogP contribution in [0.1, 0.15) is 34.4 Å². The molecule has 5 rings (SSSR count). The van der Waals surface area contributed by atoms with Crippen molar-refractivity contribution in [3.63, 3.8) is 0 Å². The number of hydrogen-bond donors (Lipinski definition) is 0. The summed E-state index contributed by atoms with van der Waals surface area (Å²) in [6.45, 7) is 1.30. The molecule has 3 aromatic heterocycles. The van der Waals surface area contributed by atoms with E-state index >= 15 is 0 Å². The van der Waals surface area contributed by atoms with Crippen LogP contribution in [0, 0.1) is 5.82 Å². The van der Waals surface area contributed by atoms with Gasteiger partial charge in [-0.15, -0.1) is 27.8 Å². The molecule has 152 valence electrons. The number of piperidine rings is 1. The number of carbonyl (C=O) groups excluding carboxylic acids is 1. The van der Waals surface area contributed by atoms with Gasteiger partial charge in [0.05, 0.1) is 15.6 Å². The molecule has 6 nitrogen and oxygen atoms in total. The average molecular weight is 440 g/mol. The quantitative estimate of drug-likeness (QED) is 0.466. The van der Waals surface area contributed by atoms with Gasteiger partial charge in [0, 0.05) is 30.6 Å². The zero-order valence-corrected chi connectivity index (χ0v) is 17.6. The molecule has 1 saturated heterocycles. The van der Waals surface area contributed by atoms with Gasteiger partial charge in [-0.3, -0.25) is 4.79 Å². The Hall–Kier alpha value is -2.91. The predicted molar refractivity (Wildman–Crippen MR) is 115 cm³/mol. The number of thiazole rings is 1. The molecular weight excluding hydrogens is 421 g/mol. The number of amides is 1. The average Bonchev–Trinajstić information content (AvgIpc) is 3.55. The summed E-state index contributed by atoms with van der Waals surface area (Å²) in [4.78, 5) is 25.0.